The van der Waals surface area contributed by atoms with Crippen molar-refractivity contribution in [1.29, 1.82) is 0 Å². The molecule has 0 radical (unpaired) electrons. The average molecular weight is 348 g/mol. The van der Waals surface area contributed by atoms with Gasteiger partial charge in [-0.05, 0) is 42.9 Å². The molecule has 134 valence electrons. The Morgan fingerprint density at radius 1 is 1.04 bits per heavy atom. The minimum absolute atomic E-state index is 0.628. The SMILES string of the molecule is c1ccc(CC2CCN(c3cc(NCc4ccco4)ncn3)CC2)cc1. The number of nitrogens with one attached hydrogen (secondary N) is 1. The van der Waals surface area contributed by atoms with Gasteiger partial charge >= 0.3 is 0 Å². The fraction of sp³-hybridized carbons (Fsp3) is 0.333. The summed E-state index contributed by atoms with van der Waals surface area (Å²) in [6, 6.07) is 16.7. The summed E-state index contributed by atoms with van der Waals surface area (Å²) in [4.78, 5) is 11.1. The lowest BCUT2D eigenvalue weighted by Crippen LogP contribution is -2.34. The molecule has 1 aliphatic heterocycles. The van der Waals surface area contributed by atoms with Gasteiger partial charge in [-0.3, -0.25) is 0 Å². The fourth-order valence-corrected chi connectivity index (χ4v) is 3.52. The fourth-order valence-electron chi connectivity index (χ4n) is 3.52. The molecule has 1 saturated heterocycles. The van der Waals surface area contributed by atoms with Gasteiger partial charge in [-0.25, -0.2) is 9.97 Å². The van der Waals surface area contributed by atoms with Gasteiger partial charge in [0.1, 0.15) is 23.7 Å². The van der Waals surface area contributed by atoms with Gasteiger partial charge in [-0.15, -0.1) is 0 Å². The first-order chi connectivity index (χ1) is 12.9. The summed E-state index contributed by atoms with van der Waals surface area (Å²) in [5.74, 6) is 3.48. The summed E-state index contributed by atoms with van der Waals surface area (Å²) in [5, 5.41) is 3.30. The highest BCUT2D eigenvalue weighted by Crippen LogP contribution is 2.25. The standard InChI is InChI=1S/C21H24N4O/c1-2-5-17(6-3-1)13-18-8-10-25(11-9-18)21-14-20(23-16-24-21)22-15-19-7-4-12-26-19/h1-7,12,14,16,18H,8-11,13,15H2,(H,22,23,24). The van der Waals surface area contributed by atoms with Gasteiger partial charge in [0.05, 0.1) is 12.8 Å². The van der Waals surface area contributed by atoms with E-state index in [9.17, 15) is 0 Å². The van der Waals surface area contributed by atoms with Gasteiger partial charge < -0.3 is 14.6 Å². The maximum absolute atomic E-state index is 5.35. The van der Waals surface area contributed by atoms with Crippen LogP contribution < -0.4 is 10.2 Å². The third-order valence-corrected chi connectivity index (χ3v) is 4.98. The molecule has 2 aromatic heterocycles. The van der Waals surface area contributed by atoms with E-state index in [0.717, 1.165) is 36.4 Å². The van der Waals surface area contributed by atoms with E-state index in [1.807, 2.05) is 18.2 Å². The van der Waals surface area contributed by atoms with Crippen molar-refractivity contribution >= 4 is 11.6 Å². The van der Waals surface area contributed by atoms with Crippen molar-refractivity contribution in [1.82, 2.24) is 9.97 Å². The Bertz CT molecular complexity index is 796. The number of hydrogen-bond donors (Lipinski definition) is 1. The van der Waals surface area contributed by atoms with E-state index < -0.39 is 0 Å². The molecule has 0 aliphatic carbocycles. The molecule has 1 aliphatic rings. The quantitative estimate of drug-likeness (QED) is 0.725. The number of furan rings is 1. The maximum Gasteiger partial charge on any atom is 0.134 e. The van der Waals surface area contributed by atoms with Crippen LogP contribution in [0, 0.1) is 5.92 Å². The van der Waals surface area contributed by atoms with Crippen molar-refractivity contribution in [3.63, 3.8) is 0 Å². The third-order valence-electron chi connectivity index (χ3n) is 4.98. The Morgan fingerprint density at radius 2 is 1.88 bits per heavy atom. The molecule has 0 unspecified atom stereocenters. The molecular weight excluding hydrogens is 324 g/mol. The van der Waals surface area contributed by atoms with Crippen LogP contribution in [0.15, 0.2) is 65.5 Å². The zero-order chi connectivity index (χ0) is 17.6. The predicted molar refractivity (Wildman–Crippen MR) is 103 cm³/mol. The summed E-state index contributed by atoms with van der Waals surface area (Å²) < 4.78 is 5.35. The highest BCUT2D eigenvalue weighted by Gasteiger charge is 2.20. The van der Waals surface area contributed by atoms with Crippen LogP contribution >= 0.6 is 0 Å². The third kappa shape index (κ3) is 4.23. The van der Waals surface area contributed by atoms with E-state index in [2.05, 4.69) is 50.5 Å². The van der Waals surface area contributed by atoms with Crippen LogP contribution in [0.25, 0.3) is 0 Å². The average Bonchev–Trinajstić information content (AvgIpc) is 3.22. The lowest BCUT2D eigenvalue weighted by molar-refractivity contribution is 0.402. The Hall–Kier alpha value is -2.82. The van der Waals surface area contributed by atoms with Gasteiger partial charge in [0.15, 0.2) is 0 Å². The van der Waals surface area contributed by atoms with Gasteiger partial charge in [0.2, 0.25) is 0 Å². The molecule has 4 rings (SSSR count). The molecule has 1 fully saturated rings. The number of piperidine rings is 1. The minimum atomic E-state index is 0.628. The highest BCUT2D eigenvalue weighted by molar-refractivity contribution is 5.48. The predicted octanol–water partition coefficient (Wildman–Crippen LogP) is 4.14. The topological polar surface area (TPSA) is 54.2 Å². The van der Waals surface area contributed by atoms with Crippen LogP contribution in [0.3, 0.4) is 0 Å². The molecule has 0 atom stereocenters. The van der Waals surface area contributed by atoms with Crippen LogP contribution in [0.5, 0.6) is 0 Å². The van der Waals surface area contributed by atoms with Gasteiger partial charge in [-0.1, -0.05) is 30.3 Å². The maximum atomic E-state index is 5.35. The van der Waals surface area contributed by atoms with Crippen LogP contribution in [0.4, 0.5) is 11.6 Å². The molecule has 0 spiro atoms. The number of benzene rings is 1. The molecule has 0 bridgehead atoms. The lowest BCUT2D eigenvalue weighted by Gasteiger charge is -2.33. The smallest absolute Gasteiger partial charge is 0.134 e. The second kappa shape index (κ2) is 8.04. The summed E-state index contributed by atoms with van der Waals surface area (Å²) in [7, 11) is 0. The van der Waals surface area contributed by atoms with Crippen LogP contribution in [-0.2, 0) is 13.0 Å². The Morgan fingerprint density at radius 3 is 2.65 bits per heavy atom. The number of anilines is 2. The van der Waals surface area contributed by atoms with Crippen molar-refractivity contribution in [2.24, 2.45) is 5.92 Å². The van der Waals surface area contributed by atoms with Crippen molar-refractivity contribution in [3.8, 4) is 0 Å². The van der Waals surface area contributed by atoms with E-state index in [1.54, 1.807) is 12.6 Å². The van der Waals surface area contributed by atoms with Crippen molar-refractivity contribution in [3.05, 3.63) is 72.4 Å². The monoisotopic (exact) mass is 348 g/mol. The van der Waals surface area contributed by atoms with E-state index in [-0.39, 0.29) is 0 Å². The largest absolute Gasteiger partial charge is 0.467 e. The summed E-state index contributed by atoms with van der Waals surface area (Å²) in [5.41, 5.74) is 1.44. The number of hydrogen-bond acceptors (Lipinski definition) is 5. The molecule has 0 amide bonds. The minimum Gasteiger partial charge on any atom is -0.467 e. The Balaban J connectivity index is 1.32. The molecule has 26 heavy (non-hydrogen) atoms. The molecule has 1 N–H and O–H groups in total. The van der Waals surface area contributed by atoms with Gasteiger partial charge in [0.25, 0.3) is 0 Å². The number of rotatable bonds is 6. The van der Waals surface area contributed by atoms with E-state index in [0.29, 0.717) is 6.54 Å². The van der Waals surface area contributed by atoms with Crippen LogP contribution in [0.1, 0.15) is 24.2 Å². The number of aromatic nitrogens is 2. The van der Waals surface area contributed by atoms with Gasteiger partial charge in [-0.2, -0.15) is 0 Å². The van der Waals surface area contributed by atoms with Crippen molar-refractivity contribution < 1.29 is 4.42 Å². The lowest BCUT2D eigenvalue weighted by atomic mass is 9.90. The Labute approximate surface area is 154 Å². The van der Waals surface area contributed by atoms with Crippen LogP contribution in [-0.4, -0.2) is 23.1 Å². The van der Waals surface area contributed by atoms with Crippen molar-refractivity contribution in [2.45, 2.75) is 25.8 Å². The summed E-state index contributed by atoms with van der Waals surface area (Å²) >= 11 is 0. The zero-order valence-corrected chi connectivity index (χ0v) is 14.8. The molecule has 0 saturated carbocycles. The second-order valence-corrected chi connectivity index (χ2v) is 6.81. The first kappa shape index (κ1) is 16.6. The second-order valence-electron chi connectivity index (χ2n) is 6.81. The van der Waals surface area contributed by atoms with E-state index in [4.69, 9.17) is 4.42 Å². The molecule has 5 heteroatoms. The van der Waals surface area contributed by atoms with E-state index in [1.165, 1.54) is 24.8 Å². The molecule has 3 aromatic rings. The van der Waals surface area contributed by atoms with Crippen LogP contribution in [0.2, 0.25) is 0 Å². The summed E-state index contributed by atoms with van der Waals surface area (Å²) in [6.07, 6.45) is 6.90. The Kier molecular flexibility index (Phi) is 5.14. The molecule has 1 aromatic carbocycles. The first-order valence-corrected chi connectivity index (χ1v) is 9.24. The van der Waals surface area contributed by atoms with E-state index >= 15 is 0 Å². The summed E-state index contributed by atoms with van der Waals surface area (Å²) in [6.45, 7) is 2.72. The molecule has 3 heterocycles. The number of nitrogens with zero attached hydrogens (tertiary/aromatic N) is 3. The first-order valence-electron chi connectivity index (χ1n) is 9.24. The molecular formula is C21H24N4O. The van der Waals surface area contributed by atoms with Crippen molar-refractivity contribution in [2.75, 3.05) is 23.3 Å². The highest BCUT2D eigenvalue weighted by atomic mass is 16.3. The van der Waals surface area contributed by atoms with Gasteiger partial charge in [0, 0.05) is 19.2 Å². The molecule has 5 nitrogen and oxygen atoms in total. The zero-order valence-electron chi connectivity index (χ0n) is 14.8. The normalized spacial score (nSPS) is 15.2.